The molecule has 2 aromatic carbocycles. The van der Waals surface area contributed by atoms with Gasteiger partial charge in [-0.25, -0.2) is 0 Å². The summed E-state index contributed by atoms with van der Waals surface area (Å²) in [5.41, 5.74) is 5.04. The number of thiocarbonyl (C=S) groups is 1. The molecule has 1 aliphatic rings. The first-order chi connectivity index (χ1) is 13.8. The summed E-state index contributed by atoms with van der Waals surface area (Å²) in [5, 5.41) is 9.73. The van der Waals surface area contributed by atoms with E-state index in [4.69, 9.17) is 21.7 Å². The maximum absolute atomic E-state index is 13.2. The quantitative estimate of drug-likeness (QED) is 0.651. The van der Waals surface area contributed by atoms with Gasteiger partial charge in [-0.15, -0.1) is 0 Å². The summed E-state index contributed by atoms with van der Waals surface area (Å²) in [6.07, 6.45) is 0. The number of amides is 1. The summed E-state index contributed by atoms with van der Waals surface area (Å²) in [6, 6.07) is 11.1. The van der Waals surface area contributed by atoms with Crippen molar-refractivity contribution in [3.8, 4) is 11.5 Å². The number of carbonyl (C=O) groups is 1. The summed E-state index contributed by atoms with van der Waals surface area (Å²) in [7, 11) is 3.17. The Bertz CT molecular complexity index is 981. The van der Waals surface area contributed by atoms with E-state index in [1.165, 1.54) is 0 Å². The van der Waals surface area contributed by atoms with Gasteiger partial charge in [0, 0.05) is 11.4 Å². The van der Waals surface area contributed by atoms with E-state index < -0.39 is 6.04 Å². The van der Waals surface area contributed by atoms with Crippen LogP contribution in [0, 0.1) is 13.8 Å². The average molecular weight is 412 g/mol. The fourth-order valence-corrected chi connectivity index (χ4v) is 3.79. The lowest BCUT2D eigenvalue weighted by atomic mass is 9.94. The number of benzene rings is 2. The second-order valence-electron chi connectivity index (χ2n) is 7.02. The Morgan fingerprint density at radius 3 is 2.28 bits per heavy atom. The highest BCUT2D eigenvalue weighted by Gasteiger charge is 2.30. The standard InChI is InChI=1S/C22H25N3O3S/c1-12-8-13(2)10-16(9-12)24-21(26)19-14(3)23-22(29)25-20(19)15-6-7-17(27-4)18(11-15)28-5/h6-11,20H,1-5H3,(H,24,26)(H2,23,25,29). The number of hydrogen-bond donors (Lipinski definition) is 3. The molecule has 2 aromatic rings. The molecule has 0 radical (unpaired) electrons. The van der Waals surface area contributed by atoms with Crippen molar-refractivity contribution in [2.45, 2.75) is 26.8 Å². The lowest BCUT2D eigenvalue weighted by molar-refractivity contribution is -0.113. The number of rotatable bonds is 5. The third kappa shape index (κ3) is 4.51. The molecular formula is C22H25N3O3S. The van der Waals surface area contributed by atoms with Gasteiger partial charge in [-0.05, 0) is 73.9 Å². The van der Waals surface area contributed by atoms with Crippen LogP contribution in [0.1, 0.15) is 29.7 Å². The predicted octanol–water partition coefficient (Wildman–Crippen LogP) is 3.75. The van der Waals surface area contributed by atoms with Crippen molar-refractivity contribution in [3.63, 3.8) is 0 Å². The molecule has 7 heteroatoms. The molecule has 3 rings (SSSR count). The zero-order valence-electron chi connectivity index (χ0n) is 17.2. The van der Waals surface area contributed by atoms with Gasteiger partial charge in [0.25, 0.3) is 5.91 Å². The van der Waals surface area contributed by atoms with Crippen LogP contribution in [0.3, 0.4) is 0 Å². The van der Waals surface area contributed by atoms with Crippen molar-refractivity contribution < 1.29 is 14.3 Å². The minimum atomic E-state index is -0.422. The molecular weight excluding hydrogens is 386 g/mol. The Morgan fingerprint density at radius 2 is 1.66 bits per heavy atom. The maximum Gasteiger partial charge on any atom is 0.255 e. The minimum absolute atomic E-state index is 0.199. The topological polar surface area (TPSA) is 71.6 Å². The van der Waals surface area contributed by atoms with E-state index in [0.717, 1.165) is 22.4 Å². The molecule has 0 saturated heterocycles. The van der Waals surface area contributed by atoms with E-state index in [1.54, 1.807) is 14.2 Å². The van der Waals surface area contributed by atoms with Gasteiger partial charge in [0.2, 0.25) is 0 Å². The summed E-state index contributed by atoms with van der Waals surface area (Å²) in [5.74, 6) is 1.01. The van der Waals surface area contributed by atoms with Crippen LogP contribution in [-0.2, 0) is 4.79 Å². The van der Waals surface area contributed by atoms with E-state index in [0.29, 0.717) is 27.9 Å². The molecule has 3 N–H and O–H groups in total. The van der Waals surface area contributed by atoms with Crippen molar-refractivity contribution >= 4 is 28.9 Å². The molecule has 0 bridgehead atoms. The first kappa shape index (κ1) is 20.7. The van der Waals surface area contributed by atoms with Gasteiger partial charge < -0.3 is 25.4 Å². The van der Waals surface area contributed by atoms with Crippen LogP contribution in [0.4, 0.5) is 5.69 Å². The number of methoxy groups -OCH3 is 2. The van der Waals surface area contributed by atoms with Crippen LogP contribution in [-0.4, -0.2) is 25.2 Å². The number of hydrogen-bond acceptors (Lipinski definition) is 4. The average Bonchev–Trinajstić information content (AvgIpc) is 2.65. The van der Waals surface area contributed by atoms with Gasteiger partial charge >= 0.3 is 0 Å². The highest BCUT2D eigenvalue weighted by Crippen LogP contribution is 2.34. The normalized spacial score (nSPS) is 16.0. The monoisotopic (exact) mass is 411 g/mol. The molecule has 0 aliphatic carbocycles. The Balaban J connectivity index is 1.98. The molecule has 29 heavy (non-hydrogen) atoms. The van der Waals surface area contributed by atoms with Crippen LogP contribution in [0.2, 0.25) is 0 Å². The molecule has 1 atom stereocenters. The third-order valence-electron chi connectivity index (χ3n) is 4.73. The van der Waals surface area contributed by atoms with E-state index in [2.05, 4.69) is 22.0 Å². The summed E-state index contributed by atoms with van der Waals surface area (Å²) < 4.78 is 10.7. The predicted molar refractivity (Wildman–Crippen MR) is 118 cm³/mol. The number of anilines is 1. The lowest BCUT2D eigenvalue weighted by Gasteiger charge is -2.30. The van der Waals surface area contributed by atoms with Gasteiger partial charge in [0.05, 0.1) is 25.8 Å². The number of nitrogens with one attached hydrogen (secondary N) is 3. The number of aryl methyl sites for hydroxylation is 2. The van der Waals surface area contributed by atoms with Gasteiger partial charge in [-0.2, -0.15) is 0 Å². The van der Waals surface area contributed by atoms with Gasteiger partial charge in [0.15, 0.2) is 16.6 Å². The fourth-order valence-electron chi connectivity index (χ4n) is 3.52. The van der Waals surface area contributed by atoms with E-state index in [1.807, 2.05) is 51.1 Å². The van der Waals surface area contributed by atoms with Crippen LogP contribution >= 0.6 is 12.2 Å². The third-order valence-corrected chi connectivity index (χ3v) is 4.95. The first-order valence-corrected chi connectivity index (χ1v) is 9.63. The van der Waals surface area contributed by atoms with Crippen LogP contribution in [0.25, 0.3) is 0 Å². The molecule has 1 aliphatic heterocycles. The van der Waals surface area contributed by atoms with Gasteiger partial charge in [0.1, 0.15) is 0 Å². The van der Waals surface area contributed by atoms with Crippen molar-refractivity contribution in [1.82, 2.24) is 10.6 Å². The minimum Gasteiger partial charge on any atom is -0.493 e. The Hall–Kier alpha value is -3.06. The molecule has 0 fully saturated rings. The highest BCUT2D eigenvalue weighted by molar-refractivity contribution is 7.80. The van der Waals surface area contributed by atoms with Crippen molar-refractivity contribution in [2.75, 3.05) is 19.5 Å². The fraction of sp³-hybridized carbons (Fsp3) is 0.273. The van der Waals surface area contributed by atoms with Gasteiger partial charge in [-0.1, -0.05) is 12.1 Å². The van der Waals surface area contributed by atoms with E-state index >= 15 is 0 Å². The molecule has 1 unspecified atom stereocenters. The number of allylic oxidation sites excluding steroid dienone is 1. The van der Waals surface area contributed by atoms with Crippen molar-refractivity contribution in [1.29, 1.82) is 0 Å². The SMILES string of the molecule is COc1ccc(C2NC(=S)NC(C)=C2C(=O)Nc2cc(C)cc(C)c2)cc1OC. The van der Waals surface area contributed by atoms with E-state index in [-0.39, 0.29) is 5.91 Å². The highest BCUT2D eigenvalue weighted by atomic mass is 32.1. The lowest BCUT2D eigenvalue weighted by Crippen LogP contribution is -2.45. The zero-order valence-corrected chi connectivity index (χ0v) is 18.0. The molecule has 1 amide bonds. The molecule has 152 valence electrons. The Labute approximate surface area is 176 Å². The second-order valence-corrected chi connectivity index (χ2v) is 7.42. The molecule has 0 saturated carbocycles. The Kier molecular flexibility index (Phi) is 6.08. The molecule has 1 heterocycles. The smallest absolute Gasteiger partial charge is 0.255 e. The van der Waals surface area contributed by atoms with E-state index in [9.17, 15) is 4.79 Å². The van der Waals surface area contributed by atoms with Crippen molar-refractivity contribution in [3.05, 3.63) is 64.4 Å². The summed E-state index contributed by atoms with van der Waals surface area (Å²) in [6.45, 7) is 5.85. The summed E-state index contributed by atoms with van der Waals surface area (Å²) >= 11 is 5.33. The van der Waals surface area contributed by atoms with Crippen LogP contribution in [0.15, 0.2) is 47.7 Å². The Morgan fingerprint density at radius 1 is 1.00 bits per heavy atom. The molecule has 6 nitrogen and oxygen atoms in total. The number of ether oxygens (including phenoxy) is 2. The molecule has 0 spiro atoms. The largest absolute Gasteiger partial charge is 0.493 e. The first-order valence-electron chi connectivity index (χ1n) is 9.22. The van der Waals surface area contributed by atoms with Crippen LogP contribution in [0.5, 0.6) is 11.5 Å². The van der Waals surface area contributed by atoms with Gasteiger partial charge in [-0.3, -0.25) is 4.79 Å². The maximum atomic E-state index is 13.2. The van der Waals surface area contributed by atoms with Crippen molar-refractivity contribution in [2.24, 2.45) is 0 Å². The summed E-state index contributed by atoms with van der Waals surface area (Å²) in [4.78, 5) is 13.2. The second kappa shape index (κ2) is 8.53. The molecule has 0 aromatic heterocycles. The van der Waals surface area contributed by atoms with Crippen LogP contribution < -0.4 is 25.4 Å². The zero-order chi connectivity index (χ0) is 21.1. The number of carbonyl (C=O) groups excluding carboxylic acids is 1.